The van der Waals surface area contributed by atoms with Crippen molar-refractivity contribution < 1.29 is 4.79 Å². The minimum Gasteiger partial charge on any atom is -0.327 e. The Kier molecular flexibility index (Phi) is 4.97. The third-order valence-electron chi connectivity index (χ3n) is 4.09. The molecule has 1 aromatic rings. The van der Waals surface area contributed by atoms with Crippen LogP contribution in [0.1, 0.15) is 39.0 Å². The Morgan fingerprint density at radius 2 is 1.95 bits per heavy atom. The molecule has 1 amide bonds. The van der Waals surface area contributed by atoms with Crippen LogP contribution in [0.25, 0.3) is 0 Å². The zero-order valence-electron chi connectivity index (χ0n) is 11.7. The van der Waals surface area contributed by atoms with E-state index in [9.17, 15) is 4.79 Å². The monoisotopic (exact) mass is 260 g/mol. The lowest BCUT2D eigenvalue weighted by molar-refractivity contribution is -0.119. The number of hydrogen-bond acceptors (Lipinski definition) is 2. The number of carbonyl (C=O) groups is 1. The second kappa shape index (κ2) is 6.71. The molecular weight excluding hydrogens is 236 g/mol. The molecule has 2 rings (SSSR count). The normalized spacial score (nSPS) is 23.1. The number of rotatable bonds is 4. The van der Waals surface area contributed by atoms with Gasteiger partial charge in [0.15, 0.2) is 0 Å². The molecule has 1 aliphatic rings. The fourth-order valence-corrected chi connectivity index (χ4v) is 2.94. The zero-order valence-corrected chi connectivity index (χ0v) is 11.7. The van der Waals surface area contributed by atoms with Gasteiger partial charge in [0.05, 0.1) is 0 Å². The summed E-state index contributed by atoms with van der Waals surface area (Å²) in [6, 6.07) is 10.1. The molecule has 0 spiro atoms. The Morgan fingerprint density at radius 3 is 2.58 bits per heavy atom. The first kappa shape index (κ1) is 14.1. The SMILES string of the molecule is CCN(C(=O)CC1CCCCC1N)c1ccccc1. The van der Waals surface area contributed by atoms with Crippen molar-refractivity contribution in [3.05, 3.63) is 30.3 Å². The van der Waals surface area contributed by atoms with Crippen LogP contribution in [0.5, 0.6) is 0 Å². The second-order valence-corrected chi connectivity index (χ2v) is 5.39. The van der Waals surface area contributed by atoms with Crippen LogP contribution in [-0.4, -0.2) is 18.5 Å². The van der Waals surface area contributed by atoms with Crippen LogP contribution < -0.4 is 10.6 Å². The smallest absolute Gasteiger partial charge is 0.227 e. The molecule has 0 radical (unpaired) electrons. The maximum atomic E-state index is 12.5. The van der Waals surface area contributed by atoms with Gasteiger partial charge >= 0.3 is 0 Å². The summed E-state index contributed by atoms with van der Waals surface area (Å²) in [7, 11) is 0. The summed E-state index contributed by atoms with van der Waals surface area (Å²) in [5.74, 6) is 0.565. The summed E-state index contributed by atoms with van der Waals surface area (Å²) < 4.78 is 0. The lowest BCUT2D eigenvalue weighted by Crippen LogP contribution is -2.39. The van der Waals surface area contributed by atoms with Crippen LogP contribution in [0.2, 0.25) is 0 Å². The van der Waals surface area contributed by atoms with Gasteiger partial charge in [0.25, 0.3) is 0 Å². The molecule has 19 heavy (non-hydrogen) atoms. The van der Waals surface area contributed by atoms with Crippen molar-refractivity contribution >= 4 is 11.6 Å². The lowest BCUT2D eigenvalue weighted by Gasteiger charge is -2.30. The van der Waals surface area contributed by atoms with E-state index in [4.69, 9.17) is 5.73 Å². The molecule has 1 fully saturated rings. The fourth-order valence-electron chi connectivity index (χ4n) is 2.94. The highest BCUT2D eigenvalue weighted by Crippen LogP contribution is 2.27. The molecule has 3 nitrogen and oxygen atoms in total. The summed E-state index contributed by atoms with van der Waals surface area (Å²) in [6.07, 6.45) is 5.17. The van der Waals surface area contributed by atoms with E-state index >= 15 is 0 Å². The third-order valence-corrected chi connectivity index (χ3v) is 4.09. The molecule has 1 saturated carbocycles. The van der Waals surface area contributed by atoms with Gasteiger partial charge in [-0.25, -0.2) is 0 Å². The van der Waals surface area contributed by atoms with Gasteiger partial charge in [-0.3, -0.25) is 4.79 Å². The minimum atomic E-state index is 0.201. The molecule has 3 heteroatoms. The molecule has 0 bridgehead atoms. The van der Waals surface area contributed by atoms with E-state index in [1.54, 1.807) is 0 Å². The first-order valence-electron chi connectivity index (χ1n) is 7.33. The van der Waals surface area contributed by atoms with E-state index in [0.717, 1.165) is 18.5 Å². The summed E-state index contributed by atoms with van der Waals surface area (Å²) in [5.41, 5.74) is 7.12. The number of nitrogens with zero attached hydrogens (tertiary/aromatic N) is 1. The van der Waals surface area contributed by atoms with Crippen LogP contribution in [0, 0.1) is 5.92 Å². The lowest BCUT2D eigenvalue weighted by atomic mass is 9.82. The molecule has 2 atom stereocenters. The summed E-state index contributed by atoms with van der Waals surface area (Å²) in [6.45, 7) is 2.73. The molecule has 0 heterocycles. The first-order valence-corrected chi connectivity index (χ1v) is 7.33. The highest BCUT2D eigenvalue weighted by atomic mass is 16.2. The fraction of sp³-hybridized carbons (Fsp3) is 0.562. The zero-order chi connectivity index (χ0) is 13.7. The van der Waals surface area contributed by atoms with Gasteiger partial charge in [0.2, 0.25) is 5.91 Å². The minimum absolute atomic E-state index is 0.201. The second-order valence-electron chi connectivity index (χ2n) is 5.39. The molecule has 0 aliphatic heterocycles. The summed E-state index contributed by atoms with van der Waals surface area (Å²) >= 11 is 0. The molecule has 104 valence electrons. The average Bonchev–Trinajstić information content (AvgIpc) is 2.43. The largest absolute Gasteiger partial charge is 0.327 e. The van der Waals surface area contributed by atoms with Crippen LogP contribution in [0.4, 0.5) is 5.69 Å². The maximum Gasteiger partial charge on any atom is 0.227 e. The van der Waals surface area contributed by atoms with Gasteiger partial charge in [0.1, 0.15) is 0 Å². The van der Waals surface area contributed by atoms with E-state index in [0.29, 0.717) is 18.9 Å². The van der Waals surface area contributed by atoms with Crippen molar-refractivity contribution in [3.63, 3.8) is 0 Å². The van der Waals surface area contributed by atoms with Gasteiger partial charge in [-0.05, 0) is 37.8 Å². The Hall–Kier alpha value is -1.35. The number of amides is 1. The summed E-state index contributed by atoms with van der Waals surface area (Å²) in [4.78, 5) is 14.3. The maximum absolute atomic E-state index is 12.5. The predicted molar refractivity (Wildman–Crippen MR) is 79.0 cm³/mol. The van der Waals surface area contributed by atoms with E-state index in [1.165, 1.54) is 12.8 Å². The molecule has 1 aromatic carbocycles. The van der Waals surface area contributed by atoms with Gasteiger partial charge in [-0.15, -0.1) is 0 Å². The Labute approximate surface area is 115 Å². The van der Waals surface area contributed by atoms with Crippen LogP contribution >= 0.6 is 0 Å². The van der Waals surface area contributed by atoms with Gasteiger partial charge in [-0.2, -0.15) is 0 Å². The van der Waals surface area contributed by atoms with Crippen molar-refractivity contribution in [2.45, 2.75) is 45.1 Å². The van der Waals surface area contributed by atoms with E-state index in [1.807, 2.05) is 42.2 Å². The van der Waals surface area contributed by atoms with Crippen molar-refractivity contribution in [2.24, 2.45) is 11.7 Å². The number of hydrogen-bond donors (Lipinski definition) is 1. The quantitative estimate of drug-likeness (QED) is 0.904. The number of anilines is 1. The van der Waals surface area contributed by atoms with Gasteiger partial charge in [0, 0.05) is 24.7 Å². The van der Waals surface area contributed by atoms with Crippen LogP contribution in [0.15, 0.2) is 30.3 Å². The Morgan fingerprint density at radius 1 is 1.26 bits per heavy atom. The van der Waals surface area contributed by atoms with Crippen molar-refractivity contribution in [1.29, 1.82) is 0 Å². The first-order chi connectivity index (χ1) is 9.22. The van der Waals surface area contributed by atoms with Crippen LogP contribution in [0.3, 0.4) is 0 Å². The number of nitrogens with two attached hydrogens (primary N) is 1. The highest BCUT2D eigenvalue weighted by Gasteiger charge is 2.26. The van der Waals surface area contributed by atoms with Crippen molar-refractivity contribution in [3.8, 4) is 0 Å². The average molecular weight is 260 g/mol. The predicted octanol–water partition coefficient (Wildman–Crippen LogP) is 2.95. The van der Waals surface area contributed by atoms with Gasteiger partial charge < -0.3 is 10.6 Å². The number of benzene rings is 1. The third kappa shape index (κ3) is 3.57. The standard InChI is InChI=1S/C16H24N2O/c1-2-18(14-9-4-3-5-10-14)16(19)12-13-8-6-7-11-15(13)17/h3-5,9-10,13,15H,2,6-8,11-12,17H2,1H3. The van der Waals surface area contributed by atoms with Gasteiger partial charge in [-0.1, -0.05) is 31.0 Å². The number of para-hydroxylation sites is 1. The topological polar surface area (TPSA) is 46.3 Å². The molecule has 2 N–H and O–H groups in total. The van der Waals surface area contributed by atoms with E-state index in [-0.39, 0.29) is 11.9 Å². The van der Waals surface area contributed by atoms with Crippen LogP contribution in [-0.2, 0) is 4.79 Å². The number of carbonyl (C=O) groups excluding carboxylic acids is 1. The van der Waals surface area contributed by atoms with E-state index < -0.39 is 0 Å². The van der Waals surface area contributed by atoms with Crippen molar-refractivity contribution in [1.82, 2.24) is 0 Å². The molecule has 1 aliphatic carbocycles. The molecule has 2 unspecified atom stereocenters. The Balaban J connectivity index is 2.01. The van der Waals surface area contributed by atoms with Crippen molar-refractivity contribution in [2.75, 3.05) is 11.4 Å². The summed E-state index contributed by atoms with van der Waals surface area (Å²) in [5, 5.41) is 0. The Bertz CT molecular complexity index is 404. The highest BCUT2D eigenvalue weighted by molar-refractivity contribution is 5.93. The van der Waals surface area contributed by atoms with E-state index in [2.05, 4.69) is 0 Å². The molecular formula is C16H24N2O. The molecule has 0 aromatic heterocycles. The molecule has 0 saturated heterocycles.